The van der Waals surface area contributed by atoms with Crippen molar-refractivity contribution in [2.75, 3.05) is 36.4 Å². The molecule has 0 spiro atoms. The van der Waals surface area contributed by atoms with Crippen LogP contribution in [0.5, 0.6) is 0 Å². The maximum atomic E-state index is 13.5. The molecule has 2 amide bonds. The summed E-state index contributed by atoms with van der Waals surface area (Å²) >= 11 is 0. The minimum Gasteiger partial charge on any atom is -0.367 e. The number of aromatic nitrogens is 3. The number of anilines is 2. The quantitative estimate of drug-likeness (QED) is 0.618. The van der Waals surface area contributed by atoms with Gasteiger partial charge in [0.25, 0.3) is 5.56 Å². The Balaban J connectivity index is 1.71. The van der Waals surface area contributed by atoms with Crippen molar-refractivity contribution in [3.05, 3.63) is 62.4 Å². The van der Waals surface area contributed by atoms with Gasteiger partial charge in [-0.1, -0.05) is 12.1 Å². The van der Waals surface area contributed by atoms with Crippen LogP contribution >= 0.6 is 0 Å². The zero-order valence-corrected chi connectivity index (χ0v) is 19.8. The summed E-state index contributed by atoms with van der Waals surface area (Å²) in [4.78, 5) is 59.0. The number of rotatable bonds is 4. The molecule has 3 heterocycles. The molecular weight excluding hydrogens is 436 g/mol. The van der Waals surface area contributed by atoms with Crippen LogP contribution in [0.2, 0.25) is 0 Å². The molecular formula is C24H28N6O4. The summed E-state index contributed by atoms with van der Waals surface area (Å²) in [6.07, 6.45) is 1.56. The molecule has 0 unspecified atom stereocenters. The fourth-order valence-corrected chi connectivity index (χ4v) is 4.28. The molecule has 4 rings (SSSR count). The SMILES string of the molecule is CC(=O)N1CCN(c2ccnc3c2c(=O)n(CC(=O)Nc2cccc(C)c2C)c(=O)n3C)CC1. The average molecular weight is 465 g/mol. The third-order valence-electron chi connectivity index (χ3n) is 6.45. The summed E-state index contributed by atoms with van der Waals surface area (Å²) in [5.41, 5.74) is 2.31. The minimum atomic E-state index is -0.611. The summed E-state index contributed by atoms with van der Waals surface area (Å²) in [7, 11) is 1.54. The number of hydrogen-bond acceptors (Lipinski definition) is 6. The first-order chi connectivity index (χ1) is 16.2. The van der Waals surface area contributed by atoms with Crippen molar-refractivity contribution in [2.45, 2.75) is 27.3 Å². The average Bonchev–Trinajstić information content (AvgIpc) is 2.83. The van der Waals surface area contributed by atoms with Crippen LogP contribution in [0.15, 0.2) is 40.1 Å². The second kappa shape index (κ2) is 9.12. The van der Waals surface area contributed by atoms with E-state index in [1.165, 1.54) is 18.5 Å². The van der Waals surface area contributed by atoms with E-state index in [0.717, 1.165) is 15.7 Å². The molecule has 1 fully saturated rings. The standard InChI is InChI=1S/C24H28N6O4/c1-15-6-5-7-18(16(15)2)26-20(32)14-30-23(33)21-19(8-9-25-22(21)27(4)24(30)34)29-12-10-28(11-13-29)17(3)31/h5-9H,10-14H2,1-4H3,(H,26,32). The van der Waals surface area contributed by atoms with Gasteiger partial charge in [0, 0.05) is 52.0 Å². The lowest BCUT2D eigenvalue weighted by Crippen LogP contribution is -2.49. The minimum absolute atomic E-state index is 0.0128. The zero-order valence-electron chi connectivity index (χ0n) is 19.8. The number of nitrogens with zero attached hydrogens (tertiary/aromatic N) is 5. The van der Waals surface area contributed by atoms with Gasteiger partial charge in [-0.25, -0.2) is 9.78 Å². The number of aryl methyl sites for hydroxylation is 2. The Morgan fingerprint density at radius 2 is 1.76 bits per heavy atom. The molecule has 0 saturated carbocycles. The monoisotopic (exact) mass is 464 g/mol. The number of carbonyl (C=O) groups excluding carboxylic acids is 2. The predicted molar refractivity (Wildman–Crippen MR) is 130 cm³/mol. The number of piperazine rings is 1. The van der Waals surface area contributed by atoms with Gasteiger partial charge >= 0.3 is 5.69 Å². The Morgan fingerprint density at radius 3 is 2.44 bits per heavy atom. The van der Waals surface area contributed by atoms with Crippen molar-refractivity contribution >= 4 is 34.2 Å². The summed E-state index contributed by atoms with van der Waals surface area (Å²) in [6.45, 7) is 7.14. The molecule has 3 aromatic rings. The second-order valence-electron chi connectivity index (χ2n) is 8.55. The third kappa shape index (κ3) is 4.18. The molecule has 10 heteroatoms. The number of amides is 2. The van der Waals surface area contributed by atoms with Gasteiger partial charge in [0.2, 0.25) is 11.8 Å². The molecule has 10 nitrogen and oxygen atoms in total. The van der Waals surface area contributed by atoms with Crippen molar-refractivity contribution in [1.82, 2.24) is 19.0 Å². The lowest BCUT2D eigenvalue weighted by atomic mass is 10.1. The molecule has 1 aliphatic rings. The molecule has 1 N–H and O–H groups in total. The Labute approximate surface area is 196 Å². The largest absolute Gasteiger partial charge is 0.367 e. The summed E-state index contributed by atoms with van der Waals surface area (Å²) in [5, 5.41) is 3.08. The van der Waals surface area contributed by atoms with Gasteiger partial charge in [-0.05, 0) is 37.1 Å². The lowest BCUT2D eigenvalue weighted by molar-refractivity contribution is -0.129. The number of nitrogens with one attached hydrogen (secondary N) is 1. The van der Waals surface area contributed by atoms with Gasteiger partial charge in [0.15, 0.2) is 5.65 Å². The van der Waals surface area contributed by atoms with Crippen molar-refractivity contribution in [1.29, 1.82) is 0 Å². The van der Waals surface area contributed by atoms with Crippen LogP contribution in [0.4, 0.5) is 11.4 Å². The molecule has 0 radical (unpaired) electrons. The van der Waals surface area contributed by atoms with Crippen molar-refractivity contribution in [3.63, 3.8) is 0 Å². The maximum absolute atomic E-state index is 13.5. The lowest BCUT2D eigenvalue weighted by Gasteiger charge is -2.36. The molecule has 1 saturated heterocycles. The Kier molecular flexibility index (Phi) is 6.23. The van der Waals surface area contributed by atoms with E-state index in [-0.39, 0.29) is 16.9 Å². The van der Waals surface area contributed by atoms with Gasteiger partial charge in [-0.15, -0.1) is 0 Å². The summed E-state index contributed by atoms with van der Waals surface area (Å²) in [6, 6.07) is 7.30. The zero-order chi connectivity index (χ0) is 24.6. The number of benzene rings is 1. The van der Waals surface area contributed by atoms with E-state index in [1.807, 2.05) is 30.9 Å². The molecule has 178 valence electrons. The second-order valence-corrected chi connectivity index (χ2v) is 8.55. The fraction of sp³-hybridized carbons (Fsp3) is 0.375. The molecule has 0 aliphatic carbocycles. The van der Waals surface area contributed by atoms with Crippen LogP contribution in [0.1, 0.15) is 18.1 Å². The van der Waals surface area contributed by atoms with Crippen molar-refractivity contribution < 1.29 is 9.59 Å². The van der Waals surface area contributed by atoms with Gasteiger partial charge < -0.3 is 15.1 Å². The predicted octanol–water partition coefficient (Wildman–Crippen LogP) is 1.02. The van der Waals surface area contributed by atoms with Crippen molar-refractivity contribution in [3.8, 4) is 0 Å². The molecule has 1 aromatic carbocycles. The molecule has 0 atom stereocenters. The normalized spacial score (nSPS) is 13.9. The highest BCUT2D eigenvalue weighted by molar-refractivity contribution is 5.92. The van der Waals surface area contributed by atoms with Gasteiger partial charge in [-0.2, -0.15) is 0 Å². The van der Waals surface area contributed by atoms with Crippen LogP contribution in [-0.2, 0) is 23.2 Å². The number of pyridine rings is 1. The number of hydrogen-bond donors (Lipinski definition) is 1. The number of carbonyl (C=O) groups is 2. The van der Waals surface area contributed by atoms with Crippen molar-refractivity contribution in [2.24, 2.45) is 7.05 Å². The van der Waals surface area contributed by atoms with Crippen LogP contribution in [-0.4, -0.2) is 57.0 Å². The van der Waals surface area contributed by atoms with Crippen LogP contribution in [0.25, 0.3) is 11.0 Å². The Morgan fingerprint density at radius 1 is 1.06 bits per heavy atom. The fourth-order valence-electron chi connectivity index (χ4n) is 4.28. The van der Waals surface area contributed by atoms with E-state index >= 15 is 0 Å². The first kappa shape index (κ1) is 23.2. The smallest absolute Gasteiger partial charge is 0.332 e. The highest BCUT2D eigenvalue weighted by Crippen LogP contribution is 2.23. The molecule has 2 aromatic heterocycles. The molecule has 34 heavy (non-hydrogen) atoms. The highest BCUT2D eigenvalue weighted by atomic mass is 16.2. The van der Waals surface area contributed by atoms with E-state index in [1.54, 1.807) is 23.2 Å². The van der Waals surface area contributed by atoms with Gasteiger partial charge in [0.1, 0.15) is 11.9 Å². The van der Waals surface area contributed by atoms with E-state index < -0.39 is 23.7 Å². The Bertz CT molecular complexity index is 1400. The van der Waals surface area contributed by atoms with Crippen LogP contribution < -0.4 is 21.5 Å². The Hall–Kier alpha value is -3.95. The highest BCUT2D eigenvalue weighted by Gasteiger charge is 2.24. The third-order valence-corrected chi connectivity index (χ3v) is 6.45. The first-order valence-electron chi connectivity index (χ1n) is 11.1. The van der Waals surface area contributed by atoms with Gasteiger partial charge in [-0.3, -0.25) is 23.5 Å². The molecule has 0 bridgehead atoms. The van der Waals surface area contributed by atoms with Crippen LogP contribution in [0, 0.1) is 13.8 Å². The van der Waals surface area contributed by atoms with E-state index in [0.29, 0.717) is 37.6 Å². The maximum Gasteiger partial charge on any atom is 0.332 e. The van der Waals surface area contributed by atoms with Crippen LogP contribution in [0.3, 0.4) is 0 Å². The summed E-state index contributed by atoms with van der Waals surface area (Å²) in [5.74, 6) is -0.452. The summed E-state index contributed by atoms with van der Waals surface area (Å²) < 4.78 is 2.23. The number of fused-ring (bicyclic) bond motifs is 1. The first-order valence-corrected chi connectivity index (χ1v) is 11.1. The molecule has 1 aliphatic heterocycles. The topological polar surface area (TPSA) is 110 Å². The van der Waals surface area contributed by atoms with E-state index in [9.17, 15) is 19.2 Å². The van der Waals surface area contributed by atoms with Gasteiger partial charge in [0.05, 0.1) is 5.69 Å². The van der Waals surface area contributed by atoms with E-state index in [4.69, 9.17) is 0 Å². The van der Waals surface area contributed by atoms with E-state index in [2.05, 4.69) is 10.3 Å².